The normalized spacial score (nSPS) is 24.8. The summed E-state index contributed by atoms with van der Waals surface area (Å²) in [6.07, 6.45) is 0.778. The van der Waals surface area contributed by atoms with E-state index in [1.54, 1.807) is 0 Å². The Hall–Kier alpha value is -0.980. The van der Waals surface area contributed by atoms with Crippen molar-refractivity contribution in [2.24, 2.45) is 5.92 Å². The van der Waals surface area contributed by atoms with E-state index in [1.165, 1.54) is 16.4 Å². The maximum Gasteiger partial charge on any atom is 0.246 e. The number of nitrogens with zero attached hydrogens (tertiary/aromatic N) is 1. The summed E-state index contributed by atoms with van der Waals surface area (Å²) in [4.78, 5) is -0.347. The molecule has 0 bridgehead atoms. The quantitative estimate of drug-likeness (QED) is 0.921. The smallest absolute Gasteiger partial charge is 0.246 e. The molecule has 1 aliphatic rings. The second-order valence-electron chi connectivity index (χ2n) is 5.19. The highest BCUT2D eigenvalue weighted by Gasteiger charge is 2.37. The predicted molar refractivity (Wildman–Crippen MR) is 69.5 cm³/mol. The Labute approximate surface area is 112 Å². The molecule has 1 saturated heterocycles. The van der Waals surface area contributed by atoms with Gasteiger partial charge < -0.3 is 5.11 Å². The summed E-state index contributed by atoms with van der Waals surface area (Å²) in [5.74, 6) is -0.502. The zero-order valence-corrected chi connectivity index (χ0v) is 11.8. The Morgan fingerprint density at radius 1 is 1.42 bits per heavy atom. The second-order valence-corrected chi connectivity index (χ2v) is 7.05. The molecule has 106 valence electrons. The lowest BCUT2D eigenvalue weighted by Gasteiger charge is -2.21. The Morgan fingerprint density at radius 2 is 2.11 bits per heavy atom. The largest absolute Gasteiger partial charge is 0.392 e. The molecule has 0 aromatic heterocycles. The van der Waals surface area contributed by atoms with Gasteiger partial charge in [-0.25, -0.2) is 12.8 Å². The second kappa shape index (κ2) is 5.19. The van der Waals surface area contributed by atoms with Crippen LogP contribution in [0, 0.1) is 11.7 Å². The van der Waals surface area contributed by atoms with Crippen LogP contribution in [0.1, 0.15) is 25.8 Å². The standard InChI is InChI=1S/C13H18FNO3S/c1-9-5-10(2)15(7-9)19(17,18)13-6-11(8-16)3-4-12(13)14/h3-4,6,9-10,16H,5,7-8H2,1-2H3. The molecule has 6 heteroatoms. The number of rotatable bonds is 3. The van der Waals surface area contributed by atoms with E-state index < -0.39 is 15.8 Å². The summed E-state index contributed by atoms with van der Waals surface area (Å²) in [5.41, 5.74) is 0.389. The fourth-order valence-corrected chi connectivity index (χ4v) is 4.44. The van der Waals surface area contributed by atoms with Crippen molar-refractivity contribution in [3.63, 3.8) is 0 Å². The zero-order chi connectivity index (χ0) is 14.2. The van der Waals surface area contributed by atoms with E-state index in [0.29, 0.717) is 12.1 Å². The van der Waals surface area contributed by atoms with Crippen molar-refractivity contribution in [1.29, 1.82) is 0 Å². The summed E-state index contributed by atoms with van der Waals surface area (Å²) >= 11 is 0. The van der Waals surface area contributed by atoms with Gasteiger partial charge in [0, 0.05) is 12.6 Å². The van der Waals surface area contributed by atoms with Crippen molar-refractivity contribution in [2.75, 3.05) is 6.54 Å². The van der Waals surface area contributed by atoms with Gasteiger partial charge in [-0.1, -0.05) is 13.0 Å². The first-order valence-electron chi connectivity index (χ1n) is 6.27. The first-order valence-corrected chi connectivity index (χ1v) is 7.71. The molecule has 1 N–H and O–H groups in total. The molecule has 0 aliphatic carbocycles. The minimum absolute atomic E-state index is 0.128. The Balaban J connectivity index is 2.45. The molecule has 0 spiro atoms. The van der Waals surface area contributed by atoms with E-state index in [2.05, 4.69) is 0 Å². The monoisotopic (exact) mass is 287 g/mol. The average molecular weight is 287 g/mol. The lowest BCUT2D eigenvalue weighted by Crippen LogP contribution is -2.34. The first kappa shape index (κ1) is 14.4. The SMILES string of the molecule is CC1CC(C)N(S(=O)(=O)c2cc(CO)ccc2F)C1. The molecule has 1 aliphatic heterocycles. The van der Waals surface area contributed by atoms with Crippen molar-refractivity contribution in [3.05, 3.63) is 29.6 Å². The molecular formula is C13H18FNO3S. The van der Waals surface area contributed by atoms with Crippen LogP contribution in [0.5, 0.6) is 0 Å². The van der Waals surface area contributed by atoms with Crippen LogP contribution in [0.25, 0.3) is 0 Å². The summed E-state index contributed by atoms with van der Waals surface area (Å²) in [5, 5.41) is 9.05. The van der Waals surface area contributed by atoms with Gasteiger partial charge in [0.25, 0.3) is 0 Å². The fraction of sp³-hybridized carbons (Fsp3) is 0.538. The predicted octanol–water partition coefficient (Wildman–Crippen LogP) is 1.74. The molecule has 19 heavy (non-hydrogen) atoms. The Kier molecular flexibility index (Phi) is 3.94. The molecule has 1 heterocycles. The van der Waals surface area contributed by atoms with Crippen LogP contribution in [-0.4, -0.2) is 30.4 Å². The molecule has 2 rings (SSSR count). The van der Waals surface area contributed by atoms with Gasteiger partial charge in [0.05, 0.1) is 6.61 Å². The topological polar surface area (TPSA) is 57.6 Å². The number of hydrogen-bond donors (Lipinski definition) is 1. The summed E-state index contributed by atoms with van der Waals surface area (Å²) < 4.78 is 40.1. The molecule has 1 aromatic rings. The van der Waals surface area contributed by atoms with Gasteiger partial charge in [0.2, 0.25) is 10.0 Å². The van der Waals surface area contributed by atoms with Gasteiger partial charge in [-0.3, -0.25) is 0 Å². The van der Waals surface area contributed by atoms with E-state index in [9.17, 15) is 12.8 Å². The van der Waals surface area contributed by atoms with Crippen LogP contribution in [0.15, 0.2) is 23.1 Å². The highest BCUT2D eigenvalue weighted by atomic mass is 32.2. The minimum Gasteiger partial charge on any atom is -0.392 e. The molecule has 1 fully saturated rings. The first-order chi connectivity index (χ1) is 8.86. The van der Waals surface area contributed by atoms with Crippen LogP contribution < -0.4 is 0 Å². The van der Waals surface area contributed by atoms with Gasteiger partial charge in [-0.2, -0.15) is 4.31 Å². The van der Waals surface area contributed by atoms with Gasteiger partial charge in [0.15, 0.2) is 0 Å². The van der Waals surface area contributed by atoms with Crippen molar-refractivity contribution < 1.29 is 17.9 Å². The fourth-order valence-electron chi connectivity index (χ4n) is 2.57. The Bertz CT molecular complexity index is 573. The third-order valence-electron chi connectivity index (χ3n) is 3.49. The summed E-state index contributed by atoms with van der Waals surface area (Å²) in [6.45, 7) is 3.91. The third-order valence-corrected chi connectivity index (χ3v) is 5.49. The molecule has 0 amide bonds. The molecule has 0 saturated carbocycles. The summed E-state index contributed by atoms with van der Waals surface area (Å²) in [6, 6.07) is 3.55. The maximum absolute atomic E-state index is 13.8. The van der Waals surface area contributed by atoms with Crippen LogP contribution >= 0.6 is 0 Å². The van der Waals surface area contributed by atoms with Gasteiger partial charge in [-0.15, -0.1) is 0 Å². The van der Waals surface area contributed by atoms with Crippen molar-refractivity contribution in [1.82, 2.24) is 4.31 Å². The van der Waals surface area contributed by atoms with Crippen LogP contribution in [0.2, 0.25) is 0 Å². The molecule has 1 aromatic carbocycles. The highest BCUT2D eigenvalue weighted by molar-refractivity contribution is 7.89. The van der Waals surface area contributed by atoms with Crippen LogP contribution in [0.3, 0.4) is 0 Å². The number of sulfonamides is 1. The number of aliphatic hydroxyl groups is 1. The van der Waals surface area contributed by atoms with Gasteiger partial charge in [0.1, 0.15) is 10.7 Å². The number of halogens is 1. The Morgan fingerprint density at radius 3 is 2.63 bits per heavy atom. The lowest BCUT2D eigenvalue weighted by molar-refractivity contribution is 0.281. The van der Waals surface area contributed by atoms with E-state index in [0.717, 1.165) is 12.5 Å². The van der Waals surface area contributed by atoms with Crippen molar-refractivity contribution >= 4 is 10.0 Å². The summed E-state index contributed by atoms with van der Waals surface area (Å²) in [7, 11) is -3.84. The maximum atomic E-state index is 13.8. The average Bonchev–Trinajstić information content (AvgIpc) is 2.69. The molecule has 2 unspecified atom stereocenters. The number of benzene rings is 1. The molecule has 2 atom stereocenters. The van der Waals surface area contributed by atoms with E-state index in [1.807, 2.05) is 13.8 Å². The van der Waals surface area contributed by atoms with Gasteiger partial charge >= 0.3 is 0 Å². The highest BCUT2D eigenvalue weighted by Crippen LogP contribution is 2.30. The lowest BCUT2D eigenvalue weighted by atomic mass is 10.1. The van der Waals surface area contributed by atoms with E-state index in [4.69, 9.17) is 5.11 Å². The third kappa shape index (κ3) is 2.66. The number of aliphatic hydroxyl groups excluding tert-OH is 1. The minimum atomic E-state index is -3.84. The van der Waals surface area contributed by atoms with Crippen molar-refractivity contribution in [3.8, 4) is 0 Å². The van der Waals surface area contributed by atoms with Crippen LogP contribution in [-0.2, 0) is 16.6 Å². The zero-order valence-electron chi connectivity index (χ0n) is 11.0. The number of hydrogen-bond acceptors (Lipinski definition) is 3. The van der Waals surface area contributed by atoms with E-state index >= 15 is 0 Å². The van der Waals surface area contributed by atoms with Gasteiger partial charge in [-0.05, 0) is 37.0 Å². The molecule has 4 nitrogen and oxygen atoms in total. The molecule has 0 radical (unpaired) electrons. The molecular weight excluding hydrogens is 269 g/mol. The van der Waals surface area contributed by atoms with E-state index in [-0.39, 0.29) is 23.5 Å². The van der Waals surface area contributed by atoms with Crippen LogP contribution in [0.4, 0.5) is 4.39 Å². The van der Waals surface area contributed by atoms with Crippen molar-refractivity contribution in [2.45, 2.75) is 37.8 Å².